The van der Waals surface area contributed by atoms with Gasteiger partial charge >= 0.3 is 5.97 Å². The van der Waals surface area contributed by atoms with Crippen molar-refractivity contribution in [2.24, 2.45) is 11.7 Å². The molecule has 0 fully saturated rings. The number of aliphatic hydroxyl groups is 1. The number of aryl methyl sites for hydroxylation is 1. The summed E-state index contributed by atoms with van der Waals surface area (Å²) < 4.78 is 10.4. The van der Waals surface area contributed by atoms with Crippen LogP contribution in [0.4, 0.5) is 0 Å². The van der Waals surface area contributed by atoms with Crippen molar-refractivity contribution in [3.05, 3.63) is 65.2 Å². The van der Waals surface area contributed by atoms with Gasteiger partial charge in [0.15, 0.2) is 0 Å². The molecule has 3 atom stereocenters. The maximum absolute atomic E-state index is 11.3. The Balaban J connectivity index is 1.89. The van der Waals surface area contributed by atoms with Crippen LogP contribution < -0.4 is 10.5 Å². The molecule has 140 valence electrons. The fourth-order valence-electron chi connectivity index (χ4n) is 2.67. The molecule has 0 saturated heterocycles. The van der Waals surface area contributed by atoms with Gasteiger partial charge in [-0.2, -0.15) is 0 Å². The first kappa shape index (κ1) is 19.9. The maximum atomic E-state index is 11.3. The zero-order chi connectivity index (χ0) is 19.1. The molecule has 0 aliphatic heterocycles. The smallest absolute Gasteiger partial charge is 0.309 e. The molecule has 5 nitrogen and oxygen atoms in total. The molecule has 0 saturated carbocycles. The lowest BCUT2D eigenvalue weighted by molar-refractivity contribution is -0.139. The molecule has 0 amide bonds. The van der Waals surface area contributed by atoms with E-state index in [9.17, 15) is 9.90 Å². The highest BCUT2D eigenvalue weighted by atomic mass is 16.5. The average Bonchev–Trinajstić information content (AvgIpc) is 2.65. The highest BCUT2D eigenvalue weighted by molar-refractivity contribution is 5.72. The number of aliphatic hydroxyl groups excluding tert-OH is 1. The molecular formula is C21H27NO4. The van der Waals surface area contributed by atoms with Crippen LogP contribution in [0.15, 0.2) is 48.5 Å². The van der Waals surface area contributed by atoms with E-state index in [1.807, 2.05) is 62.4 Å². The predicted molar refractivity (Wildman–Crippen MR) is 101 cm³/mol. The molecule has 0 radical (unpaired) electrons. The van der Waals surface area contributed by atoms with E-state index in [0.717, 1.165) is 16.7 Å². The van der Waals surface area contributed by atoms with Crippen molar-refractivity contribution in [2.45, 2.75) is 32.4 Å². The minimum absolute atomic E-state index is 0.0414. The third-order valence-electron chi connectivity index (χ3n) is 4.42. The number of benzene rings is 2. The lowest BCUT2D eigenvalue weighted by atomic mass is 9.93. The minimum Gasteiger partial charge on any atom is -0.493 e. The first-order valence-electron chi connectivity index (χ1n) is 8.69. The SMILES string of the molecule is COC(=O)Cc1ccc(OCC(C)C(N)C(O)c2cccc(C)c2)cc1. The van der Waals surface area contributed by atoms with Gasteiger partial charge in [-0.3, -0.25) is 4.79 Å². The van der Waals surface area contributed by atoms with Crippen LogP contribution in [0.1, 0.15) is 29.7 Å². The first-order chi connectivity index (χ1) is 12.4. The van der Waals surface area contributed by atoms with Gasteiger partial charge in [-0.1, -0.05) is 48.9 Å². The van der Waals surface area contributed by atoms with Gasteiger partial charge in [0.2, 0.25) is 0 Å². The summed E-state index contributed by atoms with van der Waals surface area (Å²) in [7, 11) is 1.37. The topological polar surface area (TPSA) is 81.8 Å². The molecule has 26 heavy (non-hydrogen) atoms. The Bertz CT molecular complexity index is 714. The predicted octanol–water partition coefficient (Wildman–Crippen LogP) is 2.79. The number of carbonyl (C=O) groups is 1. The molecule has 2 rings (SSSR count). The molecule has 3 N–H and O–H groups in total. The normalized spacial score (nSPS) is 14.3. The number of carbonyl (C=O) groups excluding carboxylic acids is 1. The summed E-state index contributed by atoms with van der Waals surface area (Å²) in [5.74, 6) is 0.381. The number of nitrogens with two attached hydrogens (primary N) is 1. The van der Waals surface area contributed by atoms with Gasteiger partial charge in [-0.05, 0) is 30.2 Å². The fourth-order valence-corrected chi connectivity index (χ4v) is 2.67. The van der Waals surface area contributed by atoms with Crippen LogP contribution in [0, 0.1) is 12.8 Å². The number of hydrogen-bond acceptors (Lipinski definition) is 5. The van der Waals surface area contributed by atoms with E-state index in [2.05, 4.69) is 4.74 Å². The van der Waals surface area contributed by atoms with Crippen molar-refractivity contribution < 1.29 is 19.4 Å². The van der Waals surface area contributed by atoms with E-state index in [4.69, 9.17) is 10.5 Å². The van der Waals surface area contributed by atoms with Crippen molar-refractivity contribution in [1.29, 1.82) is 0 Å². The second-order valence-corrected chi connectivity index (χ2v) is 6.62. The van der Waals surface area contributed by atoms with Gasteiger partial charge in [0.25, 0.3) is 0 Å². The summed E-state index contributed by atoms with van der Waals surface area (Å²) in [4.78, 5) is 11.3. The molecule has 0 aliphatic carbocycles. The van der Waals surface area contributed by atoms with E-state index in [0.29, 0.717) is 12.4 Å². The van der Waals surface area contributed by atoms with Crippen molar-refractivity contribution in [1.82, 2.24) is 0 Å². The lowest BCUT2D eigenvalue weighted by Crippen LogP contribution is -2.37. The Hall–Kier alpha value is -2.37. The molecule has 0 spiro atoms. The zero-order valence-electron chi connectivity index (χ0n) is 15.5. The van der Waals surface area contributed by atoms with E-state index in [-0.39, 0.29) is 18.3 Å². The number of rotatable bonds is 8. The van der Waals surface area contributed by atoms with Gasteiger partial charge in [-0.15, -0.1) is 0 Å². The summed E-state index contributed by atoms with van der Waals surface area (Å²) in [5.41, 5.74) is 8.99. The van der Waals surface area contributed by atoms with Crippen molar-refractivity contribution in [3.8, 4) is 5.75 Å². The third kappa shape index (κ3) is 5.58. The number of ether oxygens (including phenoxy) is 2. The van der Waals surface area contributed by atoms with Gasteiger partial charge in [0.05, 0.1) is 26.2 Å². The third-order valence-corrected chi connectivity index (χ3v) is 4.42. The van der Waals surface area contributed by atoms with Crippen LogP contribution in [-0.4, -0.2) is 30.8 Å². The molecule has 0 heterocycles. The molecular weight excluding hydrogens is 330 g/mol. The quantitative estimate of drug-likeness (QED) is 0.710. The molecule has 2 aromatic carbocycles. The summed E-state index contributed by atoms with van der Waals surface area (Å²) in [6.45, 7) is 4.33. The Morgan fingerprint density at radius 1 is 1.19 bits per heavy atom. The van der Waals surface area contributed by atoms with Crippen molar-refractivity contribution >= 4 is 5.97 Å². The summed E-state index contributed by atoms with van der Waals surface area (Å²) in [5, 5.41) is 10.5. The fraction of sp³-hybridized carbons (Fsp3) is 0.381. The highest BCUT2D eigenvalue weighted by Gasteiger charge is 2.23. The average molecular weight is 357 g/mol. The monoisotopic (exact) mass is 357 g/mol. The van der Waals surface area contributed by atoms with Crippen molar-refractivity contribution in [2.75, 3.05) is 13.7 Å². The molecule has 5 heteroatoms. The van der Waals surface area contributed by atoms with E-state index in [1.165, 1.54) is 7.11 Å². The van der Waals surface area contributed by atoms with Gasteiger partial charge in [0.1, 0.15) is 5.75 Å². The van der Waals surface area contributed by atoms with Crippen LogP contribution in [0.5, 0.6) is 5.75 Å². The summed E-state index contributed by atoms with van der Waals surface area (Å²) in [6.07, 6.45) is -0.503. The van der Waals surface area contributed by atoms with E-state index >= 15 is 0 Å². The number of methoxy groups -OCH3 is 1. The van der Waals surface area contributed by atoms with E-state index < -0.39 is 12.1 Å². The molecule has 2 aromatic rings. The summed E-state index contributed by atoms with van der Waals surface area (Å²) >= 11 is 0. The zero-order valence-corrected chi connectivity index (χ0v) is 15.5. The highest BCUT2D eigenvalue weighted by Crippen LogP contribution is 2.22. The van der Waals surface area contributed by atoms with Crippen LogP contribution in [0.3, 0.4) is 0 Å². The molecule has 0 aromatic heterocycles. The van der Waals surface area contributed by atoms with Crippen molar-refractivity contribution in [3.63, 3.8) is 0 Å². The Morgan fingerprint density at radius 3 is 2.50 bits per heavy atom. The van der Waals surface area contributed by atoms with Crippen LogP contribution >= 0.6 is 0 Å². The Morgan fingerprint density at radius 2 is 1.88 bits per heavy atom. The standard InChI is InChI=1S/C21H27NO4/c1-14-5-4-6-17(11-14)21(24)20(22)15(2)13-26-18-9-7-16(8-10-18)12-19(23)25-3/h4-11,15,20-21,24H,12-13,22H2,1-3H3. The van der Waals surface area contributed by atoms with E-state index in [1.54, 1.807) is 0 Å². The number of hydrogen-bond donors (Lipinski definition) is 2. The molecule has 0 bridgehead atoms. The summed E-state index contributed by atoms with van der Waals surface area (Å²) in [6, 6.07) is 14.6. The largest absolute Gasteiger partial charge is 0.493 e. The molecule has 3 unspecified atom stereocenters. The van der Waals surface area contributed by atoms with Gasteiger partial charge < -0.3 is 20.3 Å². The lowest BCUT2D eigenvalue weighted by Gasteiger charge is -2.25. The Kier molecular flexibility index (Phi) is 7.18. The minimum atomic E-state index is -0.740. The van der Waals surface area contributed by atoms with Crippen LogP contribution in [0.2, 0.25) is 0 Å². The van der Waals surface area contributed by atoms with Crippen LogP contribution in [-0.2, 0) is 16.0 Å². The second kappa shape index (κ2) is 9.36. The molecule has 0 aliphatic rings. The Labute approximate surface area is 154 Å². The van der Waals surface area contributed by atoms with Crippen LogP contribution in [0.25, 0.3) is 0 Å². The second-order valence-electron chi connectivity index (χ2n) is 6.62. The first-order valence-corrected chi connectivity index (χ1v) is 8.69. The maximum Gasteiger partial charge on any atom is 0.309 e. The number of esters is 1. The van der Waals surface area contributed by atoms with Gasteiger partial charge in [-0.25, -0.2) is 0 Å². The van der Waals surface area contributed by atoms with Gasteiger partial charge in [0, 0.05) is 12.0 Å².